The lowest BCUT2D eigenvalue weighted by atomic mass is 10.2. The Morgan fingerprint density at radius 3 is 2.56 bits per heavy atom. The fourth-order valence-corrected chi connectivity index (χ4v) is 3.37. The standard InChI is InChI=1S/C18H15IN2O3S/c1-21-8-7-20-18(21)25-16-10-12(17(22)23-2)9-15(11-16)24-14-5-3-13(19)4-6-14/h3-11H,1-2H3. The maximum Gasteiger partial charge on any atom is 0.338 e. The number of aromatic nitrogens is 2. The van der Waals surface area contributed by atoms with Crippen molar-refractivity contribution in [2.75, 3.05) is 7.11 Å². The first-order valence-corrected chi connectivity index (χ1v) is 9.26. The van der Waals surface area contributed by atoms with Gasteiger partial charge in [0.1, 0.15) is 11.5 Å². The first kappa shape index (κ1) is 17.8. The quantitative estimate of drug-likeness (QED) is 0.401. The third kappa shape index (κ3) is 4.55. The van der Waals surface area contributed by atoms with Gasteiger partial charge in [-0.15, -0.1) is 0 Å². The van der Waals surface area contributed by atoms with E-state index in [0.717, 1.165) is 13.6 Å². The molecule has 2 aromatic carbocycles. The number of methoxy groups -OCH3 is 1. The molecule has 1 aromatic heterocycles. The minimum atomic E-state index is -0.408. The molecule has 0 spiro atoms. The van der Waals surface area contributed by atoms with Gasteiger partial charge in [0.2, 0.25) is 0 Å². The summed E-state index contributed by atoms with van der Waals surface area (Å²) in [4.78, 5) is 17.1. The molecule has 0 saturated heterocycles. The zero-order chi connectivity index (χ0) is 17.8. The van der Waals surface area contributed by atoms with Gasteiger partial charge in [0.05, 0.1) is 12.7 Å². The molecule has 3 aromatic rings. The molecule has 0 fully saturated rings. The normalized spacial score (nSPS) is 10.5. The Morgan fingerprint density at radius 1 is 1.16 bits per heavy atom. The minimum absolute atomic E-state index is 0.408. The number of aryl methyl sites for hydroxylation is 1. The van der Waals surface area contributed by atoms with Crippen LogP contribution < -0.4 is 4.74 Å². The van der Waals surface area contributed by atoms with E-state index in [2.05, 4.69) is 27.6 Å². The van der Waals surface area contributed by atoms with Crippen molar-refractivity contribution in [3.63, 3.8) is 0 Å². The lowest BCUT2D eigenvalue weighted by Crippen LogP contribution is -2.02. The number of hydrogen-bond acceptors (Lipinski definition) is 5. The lowest BCUT2D eigenvalue weighted by molar-refractivity contribution is 0.0600. The molecular weight excluding hydrogens is 451 g/mol. The molecule has 0 saturated carbocycles. The third-order valence-corrected chi connectivity index (χ3v) is 5.10. The van der Waals surface area contributed by atoms with E-state index in [4.69, 9.17) is 9.47 Å². The fourth-order valence-electron chi connectivity index (χ4n) is 2.12. The Morgan fingerprint density at radius 2 is 1.92 bits per heavy atom. The van der Waals surface area contributed by atoms with Crippen LogP contribution in [0.15, 0.2) is 64.9 Å². The number of carbonyl (C=O) groups is 1. The van der Waals surface area contributed by atoms with E-state index in [0.29, 0.717) is 17.1 Å². The Labute approximate surface area is 163 Å². The SMILES string of the molecule is COC(=O)c1cc(Oc2ccc(I)cc2)cc(Sc2nccn2C)c1. The highest BCUT2D eigenvalue weighted by Crippen LogP contribution is 2.32. The molecule has 128 valence electrons. The van der Waals surface area contributed by atoms with E-state index in [1.54, 1.807) is 18.3 Å². The van der Waals surface area contributed by atoms with Crippen molar-refractivity contribution < 1.29 is 14.3 Å². The molecule has 5 nitrogen and oxygen atoms in total. The van der Waals surface area contributed by atoms with Crippen LogP contribution in [0.4, 0.5) is 0 Å². The molecule has 1 heterocycles. The maximum absolute atomic E-state index is 12.0. The van der Waals surface area contributed by atoms with Gasteiger partial charge in [-0.1, -0.05) is 11.8 Å². The number of ether oxygens (including phenoxy) is 2. The number of halogens is 1. The highest BCUT2D eigenvalue weighted by Gasteiger charge is 2.12. The van der Waals surface area contributed by atoms with Gasteiger partial charge < -0.3 is 14.0 Å². The van der Waals surface area contributed by atoms with E-state index >= 15 is 0 Å². The molecule has 25 heavy (non-hydrogen) atoms. The zero-order valence-electron chi connectivity index (χ0n) is 13.6. The van der Waals surface area contributed by atoms with Crippen molar-refractivity contribution in [1.29, 1.82) is 0 Å². The summed E-state index contributed by atoms with van der Waals surface area (Å²) < 4.78 is 13.8. The monoisotopic (exact) mass is 466 g/mol. The summed E-state index contributed by atoms with van der Waals surface area (Å²) in [7, 11) is 3.28. The summed E-state index contributed by atoms with van der Waals surface area (Å²) in [5.41, 5.74) is 0.433. The third-order valence-electron chi connectivity index (χ3n) is 3.34. The second-order valence-electron chi connectivity index (χ2n) is 5.16. The molecule has 0 amide bonds. The average molecular weight is 466 g/mol. The van der Waals surface area contributed by atoms with E-state index in [1.807, 2.05) is 48.1 Å². The highest BCUT2D eigenvalue weighted by atomic mass is 127. The number of hydrogen-bond donors (Lipinski definition) is 0. The molecule has 0 radical (unpaired) electrons. The molecular formula is C18H15IN2O3S. The van der Waals surface area contributed by atoms with Gasteiger partial charge in [-0.3, -0.25) is 0 Å². The minimum Gasteiger partial charge on any atom is -0.465 e. The summed E-state index contributed by atoms with van der Waals surface area (Å²) in [5, 5.41) is 0.822. The van der Waals surface area contributed by atoms with E-state index in [-0.39, 0.29) is 0 Å². The van der Waals surface area contributed by atoms with Gasteiger partial charge in [-0.2, -0.15) is 0 Å². The smallest absolute Gasteiger partial charge is 0.338 e. The molecule has 0 atom stereocenters. The van der Waals surface area contributed by atoms with Gasteiger partial charge in [0.15, 0.2) is 5.16 Å². The topological polar surface area (TPSA) is 53.4 Å². The molecule has 0 aliphatic carbocycles. The Hall–Kier alpha value is -2.00. The Bertz CT molecular complexity index is 894. The highest BCUT2D eigenvalue weighted by molar-refractivity contribution is 14.1. The molecule has 0 aliphatic rings. The lowest BCUT2D eigenvalue weighted by Gasteiger charge is -2.10. The maximum atomic E-state index is 12.0. The van der Waals surface area contributed by atoms with Crippen LogP contribution >= 0.6 is 34.4 Å². The van der Waals surface area contributed by atoms with Crippen LogP contribution in [0.25, 0.3) is 0 Å². The van der Waals surface area contributed by atoms with E-state index in [9.17, 15) is 4.79 Å². The average Bonchev–Trinajstić information content (AvgIpc) is 3.01. The number of nitrogens with zero attached hydrogens (tertiary/aromatic N) is 2. The van der Waals surface area contributed by atoms with Crippen LogP contribution in [0, 0.1) is 3.57 Å². The van der Waals surface area contributed by atoms with Crippen molar-refractivity contribution in [2.45, 2.75) is 10.1 Å². The number of carbonyl (C=O) groups excluding carboxylic acids is 1. The Kier molecular flexibility index (Phi) is 5.64. The van der Waals surface area contributed by atoms with Crippen molar-refractivity contribution in [3.05, 3.63) is 64.0 Å². The molecule has 3 rings (SSSR count). The van der Waals surface area contributed by atoms with E-state index in [1.165, 1.54) is 18.9 Å². The van der Waals surface area contributed by atoms with Crippen molar-refractivity contribution >= 4 is 40.3 Å². The number of imidazole rings is 1. The summed E-state index contributed by atoms with van der Waals surface area (Å²) >= 11 is 3.69. The molecule has 0 aliphatic heterocycles. The van der Waals surface area contributed by atoms with Crippen molar-refractivity contribution in [3.8, 4) is 11.5 Å². The molecule has 0 bridgehead atoms. The summed E-state index contributed by atoms with van der Waals surface area (Å²) in [6, 6.07) is 13.0. The largest absolute Gasteiger partial charge is 0.465 e. The predicted octanol–water partition coefficient (Wildman–Crippen LogP) is 4.75. The summed E-state index contributed by atoms with van der Waals surface area (Å²) in [6.45, 7) is 0. The van der Waals surface area contributed by atoms with Crippen LogP contribution in [-0.2, 0) is 11.8 Å². The van der Waals surface area contributed by atoms with Crippen LogP contribution in [0.1, 0.15) is 10.4 Å². The predicted molar refractivity (Wildman–Crippen MR) is 104 cm³/mol. The number of benzene rings is 2. The molecule has 0 unspecified atom stereocenters. The van der Waals surface area contributed by atoms with Gasteiger partial charge in [-0.25, -0.2) is 9.78 Å². The van der Waals surface area contributed by atoms with E-state index < -0.39 is 5.97 Å². The first-order chi connectivity index (χ1) is 12.0. The van der Waals surface area contributed by atoms with Crippen molar-refractivity contribution in [2.24, 2.45) is 7.05 Å². The fraction of sp³-hybridized carbons (Fsp3) is 0.111. The molecule has 7 heteroatoms. The van der Waals surface area contributed by atoms with Crippen LogP contribution in [-0.4, -0.2) is 22.6 Å². The van der Waals surface area contributed by atoms with Gasteiger partial charge in [0.25, 0.3) is 0 Å². The van der Waals surface area contributed by atoms with Gasteiger partial charge >= 0.3 is 5.97 Å². The summed E-state index contributed by atoms with van der Waals surface area (Å²) in [6.07, 6.45) is 3.60. The van der Waals surface area contributed by atoms with Crippen LogP contribution in [0.5, 0.6) is 11.5 Å². The zero-order valence-corrected chi connectivity index (χ0v) is 16.6. The van der Waals surface area contributed by atoms with Crippen molar-refractivity contribution in [1.82, 2.24) is 9.55 Å². The van der Waals surface area contributed by atoms with Gasteiger partial charge in [0, 0.05) is 27.9 Å². The second-order valence-corrected chi connectivity index (χ2v) is 7.45. The van der Waals surface area contributed by atoms with Gasteiger partial charge in [-0.05, 0) is 65.1 Å². The molecule has 0 N–H and O–H groups in total. The Balaban J connectivity index is 1.93. The number of esters is 1. The van der Waals surface area contributed by atoms with Crippen LogP contribution in [0.2, 0.25) is 0 Å². The first-order valence-electron chi connectivity index (χ1n) is 7.37. The van der Waals surface area contributed by atoms with Crippen LogP contribution in [0.3, 0.4) is 0 Å². The summed E-state index contributed by atoms with van der Waals surface area (Å²) in [5.74, 6) is 0.867. The second kappa shape index (κ2) is 7.92. The number of rotatable bonds is 5.